The molecule has 0 spiro atoms. The molecule has 1 saturated heterocycles. The zero-order valence-electron chi connectivity index (χ0n) is 16.0. The van der Waals surface area contributed by atoms with Gasteiger partial charge in [0.15, 0.2) is 0 Å². The second-order valence-electron chi connectivity index (χ2n) is 7.47. The summed E-state index contributed by atoms with van der Waals surface area (Å²) >= 11 is 0. The van der Waals surface area contributed by atoms with E-state index in [1.807, 2.05) is 49.4 Å². The van der Waals surface area contributed by atoms with Crippen molar-refractivity contribution in [3.05, 3.63) is 65.7 Å². The molecule has 2 aromatic carbocycles. The number of nitrogens with zero attached hydrogens (tertiary/aromatic N) is 2. The quantitative estimate of drug-likeness (QED) is 0.756. The Labute approximate surface area is 162 Å². The van der Waals surface area contributed by atoms with E-state index in [-0.39, 0.29) is 0 Å². The molecule has 0 saturated carbocycles. The second-order valence-corrected chi connectivity index (χ2v) is 7.47. The fourth-order valence-electron chi connectivity index (χ4n) is 3.83. The largest absolute Gasteiger partial charge is 0.494 e. The summed E-state index contributed by atoms with van der Waals surface area (Å²) in [6.45, 7) is 5.67. The molecule has 0 radical (unpaired) electrons. The summed E-state index contributed by atoms with van der Waals surface area (Å²) in [7, 11) is 0. The van der Waals surface area contributed by atoms with Crippen LogP contribution in [0.2, 0.25) is 0 Å². The molecule has 4 heteroatoms. The molecule has 2 aromatic rings. The fraction of sp³-hybridized carbons (Fsp3) is 0.435. The van der Waals surface area contributed by atoms with Crippen LogP contribution in [0.1, 0.15) is 37.3 Å². The van der Waals surface area contributed by atoms with Crippen LogP contribution in [0.15, 0.2) is 54.6 Å². The van der Waals surface area contributed by atoms with Crippen LogP contribution in [0.25, 0.3) is 0 Å². The first-order valence-corrected chi connectivity index (χ1v) is 9.73. The number of hydrogen-bond donors (Lipinski definition) is 1. The number of piperidine rings is 1. The van der Waals surface area contributed by atoms with Crippen molar-refractivity contribution < 1.29 is 9.84 Å². The Bertz CT molecular complexity index is 742. The first kappa shape index (κ1) is 19.4. The smallest absolute Gasteiger partial charge is 0.119 e. The van der Waals surface area contributed by atoms with Gasteiger partial charge in [-0.15, -0.1) is 0 Å². The maximum Gasteiger partial charge on any atom is 0.119 e. The average molecular weight is 364 g/mol. The van der Waals surface area contributed by atoms with Crippen LogP contribution in [0.5, 0.6) is 5.75 Å². The third-order valence-electron chi connectivity index (χ3n) is 5.61. The van der Waals surface area contributed by atoms with Gasteiger partial charge in [-0.05, 0) is 75.0 Å². The Morgan fingerprint density at radius 3 is 2.41 bits per heavy atom. The van der Waals surface area contributed by atoms with Crippen LogP contribution in [0, 0.1) is 17.2 Å². The lowest BCUT2D eigenvalue weighted by molar-refractivity contribution is -0.0333. The van der Waals surface area contributed by atoms with E-state index in [1.54, 1.807) is 12.1 Å². The molecule has 4 nitrogen and oxygen atoms in total. The molecule has 0 bridgehead atoms. The van der Waals surface area contributed by atoms with Crippen molar-refractivity contribution >= 4 is 0 Å². The maximum atomic E-state index is 11.0. The minimum atomic E-state index is -0.758. The highest BCUT2D eigenvalue weighted by atomic mass is 16.5. The van der Waals surface area contributed by atoms with Crippen LogP contribution < -0.4 is 4.74 Å². The van der Waals surface area contributed by atoms with Gasteiger partial charge in [0.25, 0.3) is 0 Å². The van der Waals surface area contributed by atoms with Gasteiger partial charge in [0, 0.05) is 6.54 Å². The van der Waals surface area contributed by atoms with Gasteiger partial charge in [0.2, 0.25) is 0 Å². The SMILES string of the molecule is CC(O)(c1ccccc1)C1CCN(CCCOc2ccc(C#N)cc2)CC1. The van der Waals surface area contributed by atoms with Gasteiger partial charge in [0.1, 0.15) is 5.75 Å². The Morgan fingerprint density at radius 2 is 1.78 bits per heavy atom. The first-order chi connectivity index (χ1) is 13.1. The van der Waals surface area contributed by atoms with Crippen LogP contribution in [-0.2, 0) is 5.60 Å². The zero-order valence-corrected chi connectivity index (χ0v) is 16.0. The molecule has 142 valence electrons. The molecule has 0 amide bonds. The second kappa shape index (κ2) is 9.03. The summed E-state index contributed by atoms with van der Waals surface area (Å²) in [5, 5.41) is 19.8. The Hall–Kier alpha value is -2.35. The number of aliphatic hydroxyl groups is 1. The lowest BCUT2D eigenvalue weighted by Crippen LogP contribution is -2.42. The molecule has 0 aliphatic carbocycles. The zero-order chi connectivity index (χ0) is 19.1. The lowest BCUT2D eigenvalue weighted by Gasteiger charge is -2.40. The molecule has 1 N–H and O–H groups in total. The molecule has 1 unspecified atom stereocenters. The molecule has 1 aliphatic rings. The molecule has 1 atom stereocenters. The minimum absolute atomic E-state index is 0.297. The third kappa shape index (κ3) is 5.09. The monoisotopic (exact) mass is 364 g/mol. The fourth-order valence-corrected chi connectivity index (χ4v) is 3.83. The van der Waals surface area contributed by atoms with Crippen molar-refractivity contribution in [1.29, 1.82) is 5.26 Å². The van der Waals surface area contributed by atoms with Crippen LogP contribution in [-0.4, -0.2) is 36.2 Å². The summed E-state index contributed by atoms with van der Waals surface area (Å²) in [4.78, 5) is 2.46. The molecular weight excluding hydrogens is 336 g/mol. The predicted octanol–water partition coefficient (Wildman–Crippen LogP) is 3.95. The Morgan fingerprint density at radius 1 is 1.11 bits per heavy atom. The molecule has 0 aromatic heterocycles. The van der Waals surface area contributed by atoms with E-state index in [2.05, 4.69) is 11.0 Å². The van der Waals surface area contributed by atoms with Crippen LogP contribution in [0.4, 0.5) is 0 Å². The van der Waals surface area contributed by atoms with Gasteiger partial charge in [0.05, 0.1) is 23.8 Å². The number of nitriles is 1. The summed E-state index contributed by atoms with van der Waals surface area (Å²) in [5.74, 6) is 1.11. The van der Waals surface area contributed by atoms with E-state index >= 15 is 0 Å². The summed E-state index contributed by atoms with van der Waals surface area (Å²) < 4.78 is 5.75. The molecule has 27 heavy (non-hydrogen) atoms. The Kier molecular flexibility index (Phi) is 6.49. The first-order valence-electron chi connectivity index (χ1n) is 9.73. The number of likely N-dealkylation sites (tertiary alicyclic amines) is 1. The normalized spacial score (nSPS) is 17.8. The number of hydrogen-bond acceptors (Lipinski definition) is 4. The van der Waals surface area contributed by atoms with E-state index < -0.39 is 5.60 Å². The van der Waals surface area contributed by atoms with Gasteiger partial charge >= 0.3 is 0 Å². The maximum absolute atomic E-state index is 11.0. The summed E-state index contributed by atoms with van der Waals surface area (Å²) in [5.41, 5.74) is 0.905. The van der Waals surface area contributed by atoms with E-state index in [0.29, 0.717) is 18.1 Å². The topological polar surface area (TPSA) is 56.5 Å². The van der Waals surface area contributed by atoms with Gasteiger partial charge in [-0.1, -0.05) is 30.3 Å². The van der Waals surface area contributed by atoms with Gasteiger partial charge in [-0.25, -0.2) is 0 Å². The number of rotatable bonds is 7. The van der Waals surface area contributed by atoms with Crippen molar-refractivity contribution in [2.24, 2.45) is 5.92 Å². The van der Waals surface area contributed by atoms with E-state index in [1.165, 1.54) is 0 Å². The van der Waals surface area contributed by atoms with Gasteiger partial charge in [-0.2, -0.15) is 5.26 Å². The number of ether oxygens (including phenoxy) is 1. The Balaban J connectivity index is 1.39. The van der Waals surface area contributed by atoms with Gasteiger partial charge < -0.3 is 14.7 Å². The minimum Gasteiger partial charge on any atom is -0.494 e. The average Bonchev–Trinajstić information content (AvgIpc) is 2.72. The van der Waals surface area contributed by atoms with Crippen molar-refractivity contribution in [3.8, 4) is 11.8 Å². The van der Waals surface area contributed by atoms with Gasteiger partial charge in [-0.3, -0.25) is 0 Å². The van der Waals surface area contributed by atoms with Crippen molar-refractivity contribution in [3.63, 3.8) is 0 Å². The molecule has 3 rings (SSSR count). The predicted molar refractivity (Wildman–Crippen MR) is 106 cm³/mol. The highest BCUT2D eigenvalue weighted by molar-refractivity contribution is 5.34. The van der Waals surface area contributed by atoms with E-state index in [4.69, 9.17) is 10.00 Å². The van der Waals surface area contributed by atoms with E-state index in [0.717, 1.165) is 50.2 Å². The van der Waals surface area contributed by atoms with Crippen molar-refractivity contribution in [2.45, 2.75) is 31.8 Å². The standard InChI is InChI=1S/C23H28N2O2/c1-23(26,20-6-3-2-4-7-20)21-12-15-25(16-13-21)14-5-17-27-22-10-8-19(18-24)9-11-22/h2-4,6-11,21,26H,5,12-17H2,1H3. The molecular formula is C23H28N2O2. The van der Waals surface area contributed by atoms with Crippen LogP contribution in [0.3, 0.4) is 0 Å². The van der Waals surface area contributed by atoms with Crippen molar-refractivity contribution in [1.82, 2.24) is 4.90 Å². The molecule has 1 heterocycles. The third-order valence-corrected chi connectivity index (χ3v) is 5.61. The highest BCUT2D eigenvalue weighted by Crippen LogP contribution is 2.36. The lowest BCUT2D eigenvalue weighted by atomic mass is 9.77. The summed E-state index contributed by atoms with van der Waals surface area (Å²) in [6.07, 6.45) is 3.00. The summed E-state index contributed by atoms with van der Waals surface area (Å²) in [6, 6.07) is 19.4. The molecule has 1 fully saturated rings. The van der Waals surface area contributed by atoms with Crippen molar-refractivity contribution in [2.75, 3.05) is 26.2 Å². The van der Waals surface area contributed by atoms with Crippen LogP contribution >= 0.6 is 0 Å². The number of benzene rings is 2. The molecule has 1 aliphatic heterocycles. The highest BCUT2D eigenvalue weighted by Gasteiger charge is 2.35. The van der Waals surface area contributed by atoms with E-state index in [9.17, 15) is 5.11 Å².